The SMILES string of the molecule is CCOC(=O)N1CCC(c2cn(Cc3ccoc3)c3ccc(OC)cc23)CC1. The van der Waals surface area contributed by atoms with Gasteiger partial charge < -0.3 is 23.4 Å². The van der Waals surface area contributed by atoms with Crippen LogP contribution in [0.2, 0.25) is 0 Å². The van der Waals surface area contributed by atoms with Crippen LogP contribution >= 0.6 is 0 Å². The van der Waals surface area contributed by atoms with Gasteiger partial charge in [0.1, 0.15) is 5.75 Å². The number of ether oxygens (including phenoxy) is 2. The van der Waals surface area contributed by atoms with E-state index in [1.807, 2.05) is 24.0 Å². The Labute approximate surface area is 164 Å². The fourth-order valence-corrected chi connectivity index (χ4v) is 4.05. The predicted molar refractivity (Wildman–Crippen MR) is 107 cm³/mol. The quantitative estimate of drug-likeness (QED) is 0.646. The van der Waals surface area contributed by atoms with E-state index in [2.05, 4.69) is 22.9 Å². The first-order valence-electron chi connectivity index (χ1n) is 9.79. The van der Waals surface area contributed by atoms with E-state index in [0.717, 1.165) is 43.8 Å². The van der Waals surface area contributed by atoms with Gasteiger partial charge in [0.25, 0.3) is 0 Å². The van der Waals surface area contributed by atoms with E-state index in [4.69, 9.17) is 13.9 Å². The number of rotatable bonds is 5. The largest absolute Gasteiger partial charge is 0.497 e. The summed E-state index contributed by atoms with van der Waals surface area (Å²) in [6, 6.07) is 8.23. The van der Waals surface area contributed by atoms with Gasteiger partial charge in [-0.1, -0.05) is 0 Å². The molecule has 4 rings (SSSR count). The highest BCUT2D eigenvalue weighted by Gasteiger charge is 2.27. The summed E-state index contributed by atoms with van der Waals surface area (Å²) in [6.07, 6.45) is 7.40. The number of methoxy groups -OCH3 is 1. The number of piperidine rings is 1. The number of carbonyl (C=O) groups excluding carboxylic acids is 1. The fourth-order valence-electron chi connectivity index (χ4n) is 4.05. The van der Waals surface area contributed by atoms with Gasteiger partial charge in [-0.3, -0.25) is 0 Å². The maximum atomic E-state index is 12.0. The number of carbonyl (C=O) groups is 1. The summed E-state index contributed by atoms with van der Waals surface area (Å²) in [5, 5.41) is 1.22. The second-order valence-corrected chi connectivity index (χ2v) is 7.19. The van der Waals surface area contributed by atoms with Crippen molar-refractivity contribution >= 4 is 17.0 Å². The van der Waals surface area contributed by atoms with E-state index in [1.54, 1.807) is 19.6 Å². The molecule has 1 fully saturated rings. The zero-order valence-electron chi connectivity index (χ0n) is 16.4. The molecule has 0 aliphatic carbocycles. The minimum atomic E-state index is -0.204. The van der Waals surface area contributed by atoms with E-state index in [1.165, 1.54) is 16.5 Å². The molecule has 6 nitrogen and oxygen atoms in total. The monoisotopic (exact) mass is 382 g/mol. The first kappa shape index (κ1) is 18.5. The van der Waals surface area contributed by atoms with Crippen molar-refractivity contribution in [2.75, 3.05) is 26.8 Å². The second kappa shape index (κ2) is 8.00. The van der Waals surface area contributed by atoms with Crippen molar-refractivity contribution in [2.24, 2.45) is 0 Å². The Hall–Kier alpha value is -2.89. The number of furan rings is 1. The number of benzene rings is 1. The fraction of sp³-hybridized carbons (Fsp3) is 0.409. The number of hydrogen-bond acceptors (Lipinski definition) is 4. The lowest BCUT2D eigenvalue weighted by atomic mass is 9.89. The minimum absolute atomic E-state index is 0.204. The van der Waals surface area contributed by atoms with Gasteiger partial charge in [0.05, 0.1) is 32.8 Å². The Balaban J connectivity index is 1.62. The second-order valence-electron chi connectivity index (χ2n) is 7.19. The lowest BCUT2D eigenvalue weighted by molar-refractivity contribution is 0.0971. The van der Waals surface area contributed by atoms with Crippen molar-refractivity contribution in [3.05, 3.63) is 54.1 Å². The van der Waals surface area contributed by atoms with Crippen LogP contribution in [0.3, 0.4) is 0 Å². The third-order valence-electron chi connectivity index (χ3n) is 5.51. The van der Waals surface area contributed by atoms with Crippen molar-refractivity contribution in [2.45, 2.75) is 32.2 Å². The molecule has 1 saturated heterocycles. The highest BCUT2D eigenvalue weighted by molar-refractivity contribution is 5.86. The summed E-state index contributed by atoms with van der Waals surface area (Å²) >= 11 is 0. The molecule has 1 aliphatic rings. The molecule has 2 aromatic heterocycles. The number of likely N-dealkylation sites (tertiary alicyclic amines) is 1. The zero-order valence-corrected chi connectivity index (χ0v) is 16.4. The standard InChI is InChI=1S/C22H26N2O4/c1-3-28-22(25)23-9-6-17(7-10-23)20-14-24(13-16-8-11-27-15-16)21-5-4-18(26-2)12-19(20)21/h4-5,8,11-12,14-15,17H,3,6-7,9-10,13H2,1-2H3. The van der Waals surface area contributed by atoms with Gasteiger partial charge in [0, 0.05) is 35.8 Å². The number of aromatic nitrogens is 1. The topological polar surface area (TPSA) is 56.8 Å². The van der Waals surface area contributed by atoms with Gasteiger partial charge in [-0.25, -0.2) is 4.79 Å². The van der Waals surface area contributed by atoms with Crippen LogP contribution in [0.1, 0.15) is 36.8 Å². The molecule has 1 aliphatic heterocycles. The summed E-state index contributed by atoms with van der Waals surface area (Å²) in [5.74, 6) is 1.27. The molecule has 1 aromatic carbocycles. The van der Waals surface area contributed by atoms with E-state index < -0.39 is 0 Å². The molecular formula is C22H26N2O4. The molecule has 28 heavy (non-hydrogen) atoms. The molecule has 0 saturated carbocycles. The number of fused-ring (bicyclic) bond motifs is 1. The van der Waals surface area contributed by atoms with Gasteiger partial charge in [-0.2, -0.15) is 0 Å². The van der Waals surface area contributed by atoms with Crippen LogP contribution in [0, 0.1) is 0 Å². The van der Waals surface area contributed by atoms with Crippen LogP contribution in [0.15, 0.2) is 47.4 Å². The third-order valence-corrected chi connectivity index (χ3v) is 5.51. The van der Waals surface area contributed by atoms with E-state index >= 15 is 0 Å². The van der Waals surface area contributed by atoms with Crippen LogP contribution in [-0.4, -0.2) is 42.4 Å². The molecule has 3 aromatic rings. The van der Waals surface area contributed by atoms with Crippen molar-refractivity contribution in [3.8, 4) is 5.75 Å². The molecule has 0 unspecified atom stereocenters. The van der Waals surface area contributed by atoms with Crippen molar-refractivity contribution in [1.82, 2.24) is 9.47 Å². The number of hydrogen-bond donors (Lipinski definition) is 0. The summed E-state index contributed by atoms with van der Waals surface area (Å²) in [4.78, 5) is 13.8. The van der Waals surface area contributed by atoms with E-state index in [9.17, 15) is 4.79 Å². The molecule has 3 heterocycles. The first-order valence-corrected chi connectivity index (χ1v) is 9.79. The van der Waals surface area contributed by atoms with Gasteiger partial charge in [-0.05, 0) is 55.5 Å². The van der Waals surface area contributed by atoms with Crippen LogP contribution in [0.4, 0.5) is 4.79 Å². The smallest absolute Gasteiger partial charge is 0.409 e. The van der Waals surface area contributed by atoms with Crippen LogP contribution < -0.4 is 4.74 Å². The van der Waals surface area contributed by atoms with Crippen molar-refractivity contribution < 1.29 is 18.7 Å². The molecule has 148 valence electrons. The van der Waals surface area contributed by atoms with E-state index in [0.29, 0.717) is 12.5 Å². The Morgan fingerprint density at radius 3 is 2.75 bits per heavy atom. The average Bonchev–Trinajstić information content (AvgIpc) is 3.36. The molecule has 0 N–H and O–H groups in total. The zero-order chi connectivity index (χ0) is 19.5. The molecule has 0 bridgehead atoms. The number of amides is 1. The maximum Gasteiger partial charge on any atom is 0.409 e. The molecular weight excluding hydrogens is 356 g/mol. The molecule has 1 amide bonds. The number of nitrogens with zero attached hydrogens (tertiary/aromatic N) is 2. The molecule has 0 radical (unpaired) electrons. The van der Waals surface area contributed by atoms with Gasteiger partial charge in [0.2, 0.25) is 0 Å². The van der Waals surface area contributed by atoms with Gasteiger partial charge in [-0.15, -0.1) is 0 Å². The normalized spacial score (nSPS) is 15.1. The Bertz CT molecular complexity index is 937. The van der Waals surface area contributed by atoms with E-state index in [-0.39, 0.29) is 6.09 Å². The predicted octanol–water partition coefficient (Wildman–Crippen LogP) is 4.63. The lowest BCUT2D eigenvalue weighted by Gasteiger charge is -2.31. The van der Waals surface area contributed by atoms with Crippen LogP contribution in [0.5, 0.6) is 5.75 Å². The Kier molecular flexibility index (Phi) is 5.28. The highest BCUT2D eigenvalue weighted by atomic mass is 16.6. The van der Waals surface area contributed by atoms with Crippen LogP contribution in [-0.2, 0) is 11.3 Å². The van der Waals surface area contributed by atoms with Gasteiger partial charge >= 0.3 is 6.09 Å². The van der Waals surface area contributed by atoms with Gasteiger partial charge in [0.15, 0.2) is 0 Å². The van der Waals surface area contributed by atoms with Crippen LogP contribution in [0.25, 0.3) is 10.9 Å². The summed E-state index contributed by atoms with van der Waals surface area (Å²) in [6.45, 7) is 4.47. The average molecular weight is 382 g/mol. The van der Waals surface area contributed by atoms with Crippen molar-refractivity contribution in [3.63, 3.8) is 0 Å². The third kappa shape index (κ3) is 3.59. The molecule has 0 spiro atoms. The molecule has 0 atom stereocenters. The maximum absolute atomic E-state index is 12.0. The Morgan fingerprint density at radius 1 is 1.25 bits per heavy atom. The highest BCUT2D eigenvalue weighted by Crippen LogP contribution is 2.36. The summed E-state index contributed by atoms with van der Waals surface area (Å²) < 4.78 is 18.1. The molecule has 6 heteroatoms. The Morgan fingerprint density at radius 2 is 2.07 bits per heavy atom. The first-order chi connectivity index (χ1) is 13.7. The minimum Gasteiger partial charge on any atom is -0.497 e. The lowest BCUT2D eigenvalue weighted by Crippen LogP contribution is -2.38. The summed E-state index contributed by atoms with van der Waals surface area (Å²) in [7, 11) is 1.70. The summed E-state index contributed by atoms with van der Waals surface area (Å²) in [5.41, 5.74) is 3.64. The van der Waals surface area contributed by atoms with Crippen molar-refractivity contribution in [1.29, 1.82) is 0 Å².